The molecule has 4 rings (SSSR count). The minimum absolute atomic E-state index is 0.0343. The van der Waals surface area contributed by atoms with Crippen LogP contribution in [0.3, 0.4) is 0 Å². The second-order valence-electron chi connectivity index (χ2n) is 8.61. The van der Waals surface area contributed by atoms with Gasteiger partial charge in [-0.25, -0.2) is 13.2 Å². The number of nitrogens with zero attached hydrogens (tertiary/aromatic N) is 3. The minimum atomic E-state index is -0.987. The molecule has 39 heavy (non-hydrogen) atoms. The molecule has 0 bridgehead atoms. The number of aromatic nitrogens is 1. The Bertz CT molecular complexity index is 1560. The molecule has 0 radical (unpaired) electrons. The number of carbonyl (C=O) groups is 1. The van der Waals surface area contributed by atoms with E-state index in [0.29, 0.717) is 23.4 Å². The number of hydrogen-bond donors (Lipinski definition) is 3. The lowest BCUT2D eigenvalue weighted by molar-refractivity contribution is 0.0589. The second-order valence-corrected chi connectivity index (χ2v) is 9.72. The van der Waals surface area contributed by atoms with Crippen LogP contribution in [-0.2, 0) is 6.42 Å². The van der Waals surface area contributed by atoms with Crippen molar-refractivity contribution in [3.05, 3.63) is 92.7 Å². The Kier molecular flexibility index (Phi) is 7.72. The van der Waals surface area contributed by atoms with Crippen molar-refractivity contribution in [3.8, 4) is 11.5 Å². The van der Waals surface area contributed by atoms with Crippen LogP contribution in [0.4, 0.5) is 13.2 Å². The molecular formula is C26H24F3N5O4S. The highest BCUT2D eigenvalue weighted by Crippen LogP contribution is 2.34. The van der Waals surface area contributed by atoms with Crippen LogP contribution >= 0.6 is 11.8 Å². The number of ether oxygens (including phenoxy) is 1. The number of benzene rings is 2. The fraction of sp³-hybridized carbons (Fsp3) is 0.231. The zero-order valence-electron chi connectivity index (χ0n) is 21.1. The number of fused-ring (bicyclic) bond motifs is 1. The van der Waals surface area contributed by atoms with E-state index in [4.69, 9.17) is 15.6 Å². The maximum Gasteiger partial charge on any atom is 0.278 e. The number of methoxy groups -OCH3 is 1. The smallest absolute Gasteiger partial charge is 0.278 e. The Labute approximate surface area is 225 Å². The molecule has 9 nitrogen and oxygen atoms in total. The molecule has 1 aliphatic rings. The van der Waals surface area contributed by atoms with Crippen LogP contribution in [0.15, 0.2) is 47.4 Å². The average Bonchev–Trinajstić information content (AvgIpc) is 2.89. The molecule has 0 aliphatic carbocycles. The lowest BCUT2D eigenvalue weighted by atomic mass is 10.1. The predicted molar refractivity (Wildman–Crippen MR) is 141 cm³/mol. The van der Waals surface area contributed by atoms with Crippen LogP contribution in [0.25, 0.3) is 0 Å². The third-order valence-electron chi connectivity index (χ3n) is 6.27. The first-order valence-corrected chi connectivity index (χ1v) is 12.4. The standard InChI is InChI=1S/C26H24F3N5O4S/c1-4-33-25(14-6-8-17(28)19(9-14)38-3)32(2)34-12-16(22(35)23(36)21(34)26(33)37)24(31)39-20(30)10-13-5-7-15(27)11-18(13)29/h5-9,11-12,25,30-31,36H,4,10H2,1-3H3. The molecule has 1 aromatic heterocycles. The van der Waals surface area contributed by atoms with Crippen molar-refractivity contribution in [2.24, 2.45) is 0 Å². The molecule has 0 saturated carbocycles. The highest BCUT2D eigenvalue weighted by Gasteiger charge is 2.39. The number of thioether (sulfide) groups is 1. The van der Waals surface area contributed by atoms with Gasteiger partial charge in [-0.2, -0.15) is 0 Å². The molecule has 0 saturated heterocycles. The summed E-state index contributed by atoms with van der Waals surface area (Å²) in [5.74, 6) is -3.77. The summed E-state index contributed by atoms with van der Waals surface area (Å²) in [6.45, 7) is 1.90. The lowest BCUT2D eigenvalue weighted by Gasteiger charge is -2.44. The molecule has 0 fully saturated rings. The minimum Gasteiger partial charge on any atom is -0.502 e. The maximum atomic E-state index is 14.1. The summed E-state index contributed by atoms with van der Waals surface area (Å²) in [6.07, 6.45) is 0.160. The van der Waals surface area contributed by atoms with E-state index < -0.39 is 45.7 Å². The fourth-order valence-corrected chi connectivity index (χ4v) is 5.10. The van der Waals surface area contributed by atoms with Gasteiger partial charge in [-0.3, -0.25) is 30.1 Å². The van der Waals surface area contributed by atoms with E-state index >= 15 is 0 Å². The zero-order valence-corrected chi connectivity index (χ0v) is 21.9. The van der Waals surface area contributed by atoms with E-state index in [1.165, 1.54) is 52.2 Å². The summed E-state index contributed by atoms with van der Waals surface area (Å²) in [5, 5.41) is 28.3. The molecule has 1 unspecified atom stereocenters. The van der Waals surface area contributed by atoms with Crippen LogP contribution in [0, 0.1) is 28.3 Å². The van der Waals surface area contributed by atoms with Gasteiger partial charge < -0.3 is 14.7 Å². The van der Waals surface area contributed by atoms with Crippen molar-refractivity contribution in [2.45, 2.75) is 19.5 Å². The first-order valence-electron chi connectivity index (χ1n) is 11.6. The third kappa shape index (κ3) is 5.09. The molecule has 2 aromatic carbocycles. The topological polar surface area (TPSA) is 123 Å². The van der Waals surface area contributed by atoms with Crippen LogP contribution in [0.5, 0.6) is 11.5 Å². The monoisotopic (exact) mass is 559 g/mol. The number of carbonyl (C=O) groups excluding carboxylic acids is 1. The summed E-state index contributed by atoms with van der Waals surface area (Å²) in [6, 6.07) is 7.05. The molecule has 204 valence electrons. The number of nitrogens with one attached hydrogen (secondary N) is 2. The van der Waals surface area contributed by atoms with Gasteiger partial charge in [-0.15, -0.1) is 0 Å². The zero-order chi connectivity index (χ0) is 28.6. The van der Waals surface area contributed by atoms with Crippen molar-refractivity contribution in [3.63, 3.8) is 0 Å². The van der Waals surface area contributed by atoms with Gasteiger partial charge in [0.2, 0.25) is 5.43 Å². The summed E-state index contributed by atoms with van der Waals surface area (Å²) >= 11 is 0.554. The van der Waals surface area contributed by atoms with Crippen molar-refractivity contribution < 1.29 is 27.8 Å². The van der Waals surface area contributed by atoms with Gasteiger partial charge in [0.15, 0.2) is 23.0 Å². The quantitative estimate of drug-likeness (QED) is 0.310. The van der Waals surface area contributed by atoms with E-state index in [1.54, 1.807) is 14.0 Å². The molecular weight excluding hydrogens is 535 g/mol. The largest absolute Gasteiger partial charge is 0.502 e. The Balaban J connectivity index is 1.71. The number of hydrogen-bond acceptors (Lipinski definition) is 8. The van der Waals surface area contributed by atoms with Gasteiger partial charge in [0.1, 0.15) is 22.8 Å². The molecule has 2 heterocycles. The van der Waals surface area contributed by atoms with Crippen molar-refractivity contribution in [1.29, 1.82) is 10.8 Å². The highest BCUT2D eigenvalue weighted by atomic mass is 32.2. The molecule has 1 amide bonds. The van der Waals surface area contributed by atoms with E-state index in [-0.39, 0.29) is 40.6 Å². The van der Waals surface area contributed by atoms with E-state index in [1.807, 2.05) is 0 Å². The van der Waals surface area contributed by atoms with Crippen LogP contribution in [0.1, 0.15) is 40.3 Å². The fourth-order valence-electron chi connectivity index (χ4n) is 4.37. The van der Waals surface area contributed by atoms with Crippen LogP contribution < -0.4 is 15.2 Å². The molecule has 3 aromatic rings. The van der Waals surface area contributed by atoms with Gasteiger partial charge in [-0.1, -0.05) is 23.9 Å². The van der Waals surface area contributed by atoms with Crippen molar-refractivity contribution in [2.75, 3.05) is 25.7 Å². The number of aromatic hydroxyl groups is 1. The number of rotatable bonds is 6. The summed E-state index contributed by atoms with van der Waals surface area (Å²) in [4.78, 5) is 27.8. The van der Waals surface area contributed by atoms with Gasteiger partial charge in [0.05, 0.1) is 17.7 Å². The number of amides is 1. The summed E-state index contributed by atoms with van der Waals surface area (Å²) in [7, 11) is 2.90. The van der Waals surface area contributed by atoms with Crippen LogP contribution in [-0.4, -0.2) is 51.4 Å². The Morgan fingerprint density at radius 3 is 2.46 bits per heavy atom. The van der Waals surface area contributed by atoms with Gasteiger partial charge >= 0.3 is 0 Å². The SMILES string of the molecule is CCN1C(=O)c2c(O)c(=O)c(C(=N)SC(=N)Cc3ccc(F)cc3F)cn2N(C)C1c1ccc(F)c(OC)c1. The molecule has 1 aliphatic heterocycles. The summed E-state index contributed by atoms with van der Waals surface area (Å²) < 4.78 is 47.6. The Morgan fingerprint density at radius 1 is 1.10 bits per heavy atom. The first kappa shape index (κ1) is 27.8. The lowest BCUT2D eigenvalue weighted by Crippen LogP contribution is -2.54. The average molecular weight is 560 g/mol. The molecule has 13 heteroatoms. The number of pyridine rings is 1. The van der Waals surface area contributed by atoms with Gasteiger partial charge in [-0.05, 0) is 30.7 Å². The van der Waals surface area contributed by atoms with Gasteiger partial charge in [0.25, 0.3) is 5.91 Å². The predicted octanol–water partition coefficient (Wildman–Crippen LogP) is 4.00. The van der Waals surface area contributed by atoms with E-state index in [0.717, 1.165) is 6.07 Å². The maximum absolute atomic E-state index is 14.1. The Morgan fingerprint density at radius 2 is 1.82 bits per heavy atom. The normalized spacial score (nSPS) is 14.8. The first-order chi connectivity index (χ1) is 18.5. The molecule has 0 spiro atoms. The van der Waals surface area contributed by atoms with E-state index in [9.17, 15) is 27.9 Å². The summed E-state index contributed by atoms with van der Waals surface area (Å²) in [5.41, 5.74) is -1.08. The Hall–Kier alpha value is -4.26. The molecule has 1 atom stereocenters. The van der Waals surface area contributed by atoms with Crippen molar-refractivity contribution in [1.82, 2.24) is 9.58 Å². The highest BCUT2D eigenvalue weighted by molar-refractivity contribution is 8.26. The third-order valence-corrected chi connectivity index (χ3v) is 7.08. The molecule has 3 N–H and O–H groups in total. The van der Waals surface area contributed by atoms with Crippen LogP contribution in [0.2, 0.25) is 0 Å². The number of halogens is 3. The second kappa shape index (κ2) is 10.8. The van der Waals surface area contributed by atoms with Gasteiger partial charge in [0, 0.05) is 37.8 Å². The van der Waals surface area contributed by atoms with E-state index in [2.05, 4.69) is 0 Å². The van der Waals surface area contributed by atoms with Crippen molar-refractivity contribution >= 4 is 27.8 Å².